The van der Waals surface area contributed by atoms with Crippen molar-refractivity contribution >= 4 is 54.0 Å². The lowest BCUT2D eigenvalue weighted by Gasteiger charge is -2.49. The number of esters is 7. The summed E-state index contributed by atoms with van der Waals surface area (Å²) in [5.41, 5.74) is -1.97. The number of amides is 2. The van der Waals surface area contributed by atoms with E-state index in [9.17, 15) is 14.4 Å². The number of hydrogen-bond acceptors (Lipinski definition) is 24. The fourth-order valence-corrected chi connectivity index (χ4v) is 13.6. The molecule has 0 aromatic heterocycles. The van der Waals surface area contributed by atoms with Crippen LogP contribution in [0.3, 0.4) is 0 Å². The second-order valence-corrected chi connectivity index (χ2v) is 31.4. The third-order valence-corrected chi connectivity index (χ3v) is 19.7. The van der Waals surface area contributed by atoms with Crippen molar-refractivity contribution in [1.29, 1.82) is 0 Å². The molecule has 12 atom stereocenters. The van der Waals surface area contributed by atoms with Gasteiger partial charge in [-0.05, 0) is 157 Å². The van der Waals surface area contributed by atoms with Crippen LogP contribution < -0.4 is 4.74 Å². The van der Waals surface area contributed by atoms with Gasteiger partial charge >= 0.3 is 54.0 Å². The van der Waals surface area contributed by atoms with Crippen LogP contribution >= 0.6 is 0 Å². The van der Waals surface area contributed by atoms with Crippen molar-refractivity contribution in [3.05, 3.63) is 293 Å². The Labute approximate surface area is 712 Å². The van der Waals surface area contributed by atoms with Crippen molar-refractivity contribution in [2.45, 2.75) is 217 Å². The zero-order valence-corrected chi connectivity index (χ0v) is 70.2. The molecule has 8 aromatic carbocycles. The summed E-state index contributed by atoms with van der Waals surface area (Å²) in [7, 11) is 1.53. The third kappa shape index (κ3) is 28.4. The number of allylic oxidation sites excluding steroid dienone is 1. The van der Waals surface area contributed by atoms with Crippen molar-refractivity contribution in [3.8, 4) is 5.75 Å². The van der Waals surface area contributed by atoms with E-state index in [1.807, 2.05) is 6.08 Å². The van der Waals surface area contributed by atoms with Gasteiger partial charge < -0.3 is 71.1 Å². The first-order valence-electron chi connectivity index (χ1n) is 41.4. The largest absolute Gasteiger partial charge is 0.497 e. The van der Waals surface area contributed by atoms with Gasteiger partial charge in [-0.15, -0.1) is 0 Å². The highest BCUT2D eigenvalue weighted by molar-refractivity contribution is 5.93. The molecule has 2 aliphatic heterocycles. The molecule has 2 aliphatic rings. The maximum absolute atomic E-state index is 15.5. The van der Waals surface area contributed by atoms with Gasteiger partial charge in [-0.2, -0.15) is 0 Å². The number of carbonyl (C=O) groups is 9. The number of nitrogens with zero attached hydrogens (tertiary/aromatic N) is 1. The Bertz CT molecular complexity index is 4600. The molecule has 0 unspecified atom stereocenters. The lowest BCUT2D eigenvalue weighted by molar-refractivity contribution is -0.357. The zero-order chi connectivity index (χ0) is 86.8. The standard InChI is InChI=1S/C97H109NO24/c1-9-10-11-12-13-14-15-16-17-18-19-20-42-57-76(109-62-66-58-60-74(108-8)61-59-66)75(98(94(106)121-96(2,3)4)95(107)122-97(5,6)7)63-112-92-83(118-90(104)72-53-38-26-39-54-72)82(117-89(103)71-51-36-25-37-52-71)80(78(113-92)65-111-86(100)68-45-30-22-31-46-68)120-93-84(119-91(105)73-55-40-27-41-56-73)81(116-88(102)70-49-34-24-35-50-70)79(115-87(101)69-47-32-23-33-48-69)77(114-93)64-110-85(99)67-43-28-21-29-44-67/h21-61,75-84,92-93H,9-20,62-65H2,1-8H3/b57-42+/t75-,76+,77+,78+,79-,80+,81-,82-,83+,84+,92+,93-/m0/s1. The maximum atomic E-state index is 15.5. The van der Waals surface area contributed by atoms with Crippen LogP contribution in [-0.2, 0) is 72.9 Å². The summed E-state index contributed by atoms with van der Waals surface area (Å²) in [4.78, 5) is 136. The van der Waals surface area contributed by atoms with Crippen LogP contribution in [0.1, 0.15) is 204 Å². The molecule has 2 heterocycles. The molecule has 8 aromatic rings. The summed E-state index contributed by atoms with van der Waals surface area (Å²) >= 11 is 0. The predicted octanol–water partition coefficient (Wildman–Crippen LogP) is 18.1. The second-order valence-electron chi connectivity index (χ2n) is 31.4. The second kappa shape index (κ2) is 46.8. The van der Waals surface area contributed by atoms with E-state index in [-0.39, 0.29) is 45.6 Å². The summed E-state index contributed by atoms with van der Waals surface area (Å²) in [6.45, 7) is 9.19. The zero-order valence-electron chi connectivity index (χ0n) is 70.2. The van der Waals surface area contributed by atoms with Crippen molar-refractivity contribution < 1.29 is 114 Å². The smallest absolute Gasteiger partial charge is 0.420 e. The molecule has 0 radical (unpaired) electrons. The van der Waals surface area contributed by atoms with Gasteiger partial charge in [0.05, 0.1) is 71.4 Å². The summed E-state index contributed by atoms with van der Waals surface area (Å²) in [6, 6.07) is 59.4. The molecule has 2 fully saturated rings. The van der Waals surface area contributed by atoms with E-state index in [4.69, 9.17) is 71.1 Å². The highest BCUT2D eigenvalue weighted by Crippen LogP contribution is 2.39. The number of ether oxygens (including phenoxy) is 15. The minimum atomic E-state index is -2.23. The Balaban J connectivity index is 1.16. The minimum absolute atomic E-state index is 0.00310. The highest BCUT2D eigenvalue weighted by Gasteiger charge is 2.59. The minimum Gasteiger partial charge on any atom is -0.497 e. The topological polar surface area (TPSA) is 295 Å². The van der Waals surface area contributed by atoms with E-state index in [1.54, 1.807) is 199 Å². The van der Waals surface area contributed by atoms with E-state index in [0.29, 0.717) is 17.7 Å². The molecule has 25 nitrogen and oxygen atoms in total. The van der Waals surface area contributed by atoms with Gasteiger partial charge in [0.25, 0.3) is 0 Å². The summed E-state index contributed by atoms with van der Waals surface area (Å²) in [5.74, 6) is -6.60. The molecule has 646 valence electrons. The Hall–Kier alpha value is -11.9. The average molecular weight is 1670 g/mol. The van der Waals surface area contributed by atoms with Crippen LogP contribution in [0.15, 0.2) is 249 Å². The van der Waals surface area contributed by atoms with Crippen molar-refractivity contribution in [2.24, 2.45) is 0 Å². The number of benzene rings is 8. The van der Waals surface area contributed by atoms with Crippen LogP contribution in [0.25, 0.3) is 0 Å². The quantitative estimate of drug-likeness (QED) is 0.0149. The molecule has 2 amide bonds. The van der Waals surface area contributed by atoms with Crippen molar-refractivity contribution in [1.82, 2.24) is 4.90 Å². The van der Waals surface area contributed by atoms with Gasteiger partial charge in [0, 0.05) is 0 Å². The molecular formula is C97H109NO24. The lowest BCUT2D eigenvalue weighted by atomic mass is 9.95. The number of carbonyl (C=O) groups excluding carboxylic acids is 9. The van der Waals surface area contributed by atoms with E-state index in [1.165, 1.54) is 131 Å². The van der Waals surface area contributed by atoms with Gasteiger partial charge in [0.2, 0.25) is 0 Å². The van der Waals surface area contributed by atoms with Gasteiger partial charge in [0.1, 0.15) is 48.5 Å². The molecule has 0 spiro atoms. The molecule has 0 saturated carbocycles. The van der Waals surface area contributed by atoms with Crippen molar-refractivity contribution in [2.75, 3.05) is 26.9 Å². The maximum Gasteiger partial charge on any atom is 0.420 e. The van der Waals surface area contributed by atoms with Crippen LogP contribution in [0, 0.1) is 0 Å². The molecule has 10 rings (SSSR count). The van der Waals surface area contributed by atoms with Crippen LogP contribution in [0.4, 0.5) is 9.59 Å². The Morgan fingerprint density at radius 3 is 1.09 bits per heavy atom. The van der Waals surface area contributed by atoms with Crippen LogP contribution in [-0.4, -0.2) is 171 Å². The Morgan fingerprint density at radius 1 is 0.385 bits per heavy atom. The fraction of sp³-hybridized carbons (Fsp3) is 0.392. The monoisotopic (exact) mass is 1670 g/mol. The van der Waals surface area contributed by atoms with E-state index in [2.05, 4.69) is 6.92 Å². The molecular weight excluding hydrogens is 1560 g/mol. The number of methoxy groups -OCH3 is 1. The molecule has 0 bridgehead atoms. The molecule has 25 heteroatoms. The summed E-state index contributed by atoms with van der Waals surface area (Å²) in [5, 5.41) is 0. The first-order chi connectivity index (χ1) is 58.9. The molecule has 0 N–H and O–H groups in total. The van der Waals surface area contributed by atoms with Gasteiger partial charge in [-0.3, -0.25) is 0 Å². The van der Waals surface area contributed by atoms with E-state index in [0.717, 1.165) is 37.0 Å². The van der Waals surface area contributed by atoms with Gasteiger partial charge in [-0.25, -0.2) is 48.1 Å². The number of unbranched alkanes of at least 4 members (excludes halogenated alkanes) is 11. The number of rotatable bonds is 40. The fourth-order valence-electron chi connectivity index (χ4n) is 13.6. The van der Waals surface area contributed by atoms with Gasteiger partial charge in [-0.1, -0.05) is 223 Å². The number of hydrogen-bond donors (Lipinski definition) is 0. The first kappa shape index (κ1) is 92.4. The summed E-state index contributed by atoms with van der Waals surface area (Å²) in [6.07, 6.45) is -7.88. The van der Waals surface area contributed by atoms with E-state index >= 15 is 28.8 Å². The summed E-state index contributed by atoms with van der Waals surface area (Å²) < 4.78 is 98.1. The Kier molecular flexibility index (Phi) is 35.4. The van der Waals surface area contributed by atoms with Crippen LogP contribution in [0.5, 0.6) is 5.75 Å². The highest BCUT2D eigenvalue weighted by atomic mass is 16.8. The third-order valence-electron chi connectivity index (χ3n) is 19.7. The SMILES string of the molecule is CCCCCCCCCCCCC/C=C/[C@@H](OCc1ccc(OC)cc1)[C@H](CO[C@@H]1O[C@H](COC(=O)c2ccccc2)[C@@H](O[C@@H]2O[C@H](COC(=O)c3ccccc3)[C@H](OC(=O)c3ccccc3)[C@H](OC(=O)c3ccccc3)[C@H]2OC(=O)c2ccccc2)[C@H](OC(=O)c2ccccc2)[C@H]1OC(=O)c1ccccc1)N(C(=O)OC(C)(C)C)C(=O)OC(C)(C)C. The molecule has 2 saturated heterocycles. The molecule has 122 heavy (non-hydrogen) atoms. The first-order valence-corrected chi connectivity index (χ1v) is 41.4. The average Bonchev–Trinajstić information content (AvgIpc) is 0.758. The number of imide groups is 1. The lowest BCUT2D eigenvalue weighted by Crippen LogP contribution is -2.67. The van der Waals surface area contributed by atoms with Gasteiger partial charge in [0.15, 0.2) is 43.1 Å². The molecule has 0 aliphatic carbocycles. The van der Waals surface area contributed by atoms with Crippen LogP contribution in [0.2, 0.25) is 0 Å². The normalized spacial score (nSPS) is 19.4. The Morgan fingerprint density at radius 2 is 0.713 bits per heavy atom. The predicted molar refractivity (Wildman–Crippen MR) is 450 cm³/mol. The van der Waals surface area contributed by atoms with Crippen molar-refractivity contribution in [3.63, 3.8) is 0 Å². The van der Waals surface area contributed by atoms with E-state index < -0.39 is 159 Å².